The van der Waals surface area contributed by atoms with E-state index in [9.17, 15) is 9.59 Å². The fourth-order valence-electron chi connectivity index (χ4n) is 1.74. The van der Waals surface area contributed by atoms with Crippen LogP contribution >= 0.6 is 23.5 Å². The first-order chi connectivity index (χ1) is 9.11. The van der Waals surface area contributed by atoms with E-state index in [4.69, 9.17) is 5.11 Å². The highest BCUT2D eigenvalue weighted by molar-refractivity contribution is 7.99. The third kappa shape index (κ3) is 3.36. The summed E-state index contributed by atoms with van der Waals surface area (Å²) in [6, 6.07) is 6.35. The third-order valence-corrected chi connectivity index (χ3v) is 4.49. The second-order valence-electron chi connectivity index (χ2n) is 3.99. The minimum absolute atomic E-state index is 0.365. The molecule has 19 heavy (non-hydrogen) atoms. The summed E-state index contributed by atoms with van der Waals surface area (Å²) in [6.07, 6.45) is 1.96. The van der Waals surface area contributed by atoms with Gasteiger partial charge >= 0.3 is 12.0 Å². The number of amides is 2. The molecule has 5 nitrogen and oxygen atoms in total. The van der Waals surface area contributed by atoms with Crippen LogP contribution in [-0.2, 0) is 4.79 Å². The van der Waals surface area contributed by atoms with E-state index >= 15 is 0 Å². The molecule has 0 bridgehead atoms. The second kappa shape index (κ2) is 6.21. The van der Waals surface area contributed by atoms with E-state index < -0.39 is 12.0 Å². The van der Waals surface area contributed by atoms with Gasteiger partial charge in [0.2, 0.25) is 0 Å². The van der Waals surface area contributed by atoms with Gasteiger partial charge in [0, 0.05) is 16.3 Å². The number of carbonyl (C=O) groups is 2. The van der Waals surface area contributed by atoms with Crippen LogP contribution in [0.5, 0.6) is 0 Å². The van der Waals surface area contributed by atoms with Gasteiger partial charge in [0.1, 0.15) is 6.04 Å². The number of nitrogens with zero attached hydrogens (tertiary/aromatic N) is 1. The van der Waals surface area contributed by atoms with Crippen LogP contribution in [0.15, 0.2) is 29.2 Å². The Morgan fingerprint density at radius 1 is 1.53 bits per heavy atom. The number of nitrogens with one attached hydrogen (secondary N) is 1. The maximum absolute atomic E-state index is 12.1. The first-order valence-electron chi connectivity index (χ1n) is 5.64. The number of thioether (sulfide) groups is 2. The molecule has 1 saturated heterocycles. The zero-order chi connectivity index (χ0) is 13.8. The summed E-state index contributed by atoms with van der Waals surface area (Å²) in [6.45, 7) is 0. The number of carbonyl (C=O) groups excluding carboxylic acids is 1. The molecular formula is C12H14N2O3S2. The first kappa shape index (κ1) is 14.1. The van der Waals surface area contributed by atoms with Crippen molar-refractivity contribution in [2.75, 3.05) is 23.2 Å². The number of benzene rings is 1. The van der Waals surface area contributed by atoms with Crippen LogP contribution < -0.4 is 5.32 Å². The highest BCUT2D eigenvalue weighted by atomic mass is 32.2. The molecule has 0 spiro atoms. The number of anilines is 1. The number of rotatable bonds is 3. The van der Waals surface area contributed by atoms with Gasteiger partial charge in [-0.1, -0.05) is 6.07 Å². The lowest BCUT2D eigenvalue weighted by molar-refractivity contribution is -0.140. The predicted octanol–water partition coefficient (Wildman–Crippen LogP) is 2.40. The fourth-order valence-corrected chi connectivity index (χ4v) is 3.35. The molecule has 2 N–H and O–H groups in total. The van der Waals surface area contributed by atoms with E-state index in [1.165, 1.54) is 16.7 Å². The second-order valence-corrected chi connectivity index (χ2v) is 5.87. The SMILES string of the molecule is CSc1cccc(NC(=O)N2CSCC2C(=O)O)c1. The molecule has 1 aliphatic rings. The molecule has 1 aromatic rings. The molecule has 0 radical (unpaired) electrons. The van der Waals surface area contributed by atoms with Crippen molar-refractivity contribution in [2.24, 2.45) is 0 Å². The Balaban J connectivity index is 2.06. The van der Waals surface area contributed by atoms with E-state index in [-0.39, 0.29) is 6.03 Å². The molecule has 2 amide bonds. The monoisotopic (exact) mass is 298 g/mol. The average molecular weight is 298 g/mol. The molecular weight excluding hydrogens is 284 g/mol. The molecule has 1 fully saturated rings. The van der Waals surface area contributed by atoms with Gasteiger partial charge in [-0.3, -0.25) is 0 Å². The van der Waals surface area contributed by atoms with Crippen molar-refractivity contribution in [3.8, 4) is 0 Å². The Hall–Kier alpha value is -1.34. The molecule has 1 aromatic carbocycles. The lowest BCUT2D eigenvalue weighted by Crippen LogP contribution is -2.43. The molecule has 7 heteroatoms. The van der Waals surface area contributed by atoms with Crippen molar-refractivity contribution in [1.29, 1.82) is 0 Å². The largest absolute Gasteiger partial charge is 0.480 e. The van der Waals surface area contributed by atoms with Crippen LogP contribution in [0, 0.1) is 0 Å². The van der Waals surface area contributed by atoms with Crippen molar-refractivity contribution in [1.82, 2.24) is 4.90 Å². The Morgan fingerprint density at radius 3 is 3.00 bits per heavy atom. The number of aliphatic carboxylic acids is 1. The summed E-state index contributed by atoms with van der Waals surface area (Å²) in [5.41, 5.74) is 0.679. The number of urea groups is 1. The quantitative estimate of drug-likeness (QED) is 0.839. The predicted molar refractivity (Wildman–Crippen MR) is 77.8 cm³/mol. The minimum Gasteiger partial charge on any atom is -0.480 e. The summed E-state index contributed by atoms with van der Waals surface area (Å²) in [5.74, 6) is -0.114. The van der Waals surface area contributed by atoms with Crippen LogP contribution in [0.1, 0.15) is 0 Å². The van der Waals surface area contributed by atoms with Gasteiger partial charge in [-0.2, -0.15) is 0 Å². The molecule has 1 unspecified atom stereocenters. The summed E-state index contributed by atoms with van der Waals surface area (Å²) >= 11 is 3.03. The summed E-state index contributed by atoms with van der Waals surface area (Å²) in [5, 5.41) is 11.8. The smallest absolute Gasteiger partial charge is 0.327 e. The van der Waals surface area contributed by atoms with Gasteiger partial charge in [0.15, 0.2) is 0 Å². The van der Waals surface area contributed by atoms with Gasteiger partial charge in [-0.15, -0.1) is 23.5 Å². The van der Waals surface area contributed by atoms with E-state index in [2.05, 4.69) is 5.32 Å². The lowest BCUT2D eigenvalue weighted by Gasteiger charge is -2.21. The third-order valence-electron chi connectivity index (χ3n) is 2.75. The van der Waals surface area contributed by atoms with Crippen LogP contribution in [0.3, 0.4) is 0 Å². The topological polar surface area (TPSA) is 69.6 Å². The zero-order valence-electron chi connectivity index (χ0n) is 10.3. The van der Waals surface area contributed by atoms with E-state index in [1.807, 2.05) is 24.5 Å². The highest BCUT2D eigenvalue weighted by Gasteiger charge is 2.34. The molecule has 1 atom stereocenters. The van der Waals surface area contributed by atoms with E-state index in [0.29, 0.717) is 17.3 Å². The Morgan fingerprint density at radius 2 is 2.32 bits per heavy atom. The van der Waals surface area contributed by atoms with E-state index in [0.717, 1.165) is 4.90 Å². The maximum Gasteiger partial charge on any atom is 0.327 e. The number of hydrogen-bond donors (Lipinski definition) is 2. The fraction of sp³-hybridized carbons (Fsp3) is 0.333. The molecule has 1 heterocycles. The van der Waals surface area contributed by atoms with Crippen molar-refractivity contribution >= 4 is 41.2 Å². The normalized spacial score (nSPS) is 18.4. The molecule has 0 aliphatic carbocycles. The molecule has 0 saturated carbocycles. The standard InChI is InChI=1S/C12H14N2O3S2/c1-18-9-4-2-3-8(5-9)13-12(17)14-7-19-6-10(14)11(15)16/h2-5,10H,6-7H2,1H3,(H,13,17)(H,15,16). The minimum atomic E-state index is -0.960. The van der Waals surface area contributed by atoms with Crippen molar-refractivity contribution in [3.63, 3.8) is 0 Å². The van der Waals surface area contributed by atoms with Crippen LogP contribution in [0.4, 0.5) is 10.5 Å². The van der Waals surface area contributed by atoms with Gasteiger partial charge in [0.05, 0.1) is 5.88 Å². The zero-order valence-corrected chi connectivity index (χ0v) is 12.0. The molecule has 1 aliphatic heterocycles. The summed E-state index contributed by atoms with van der Waals surface area (Å²) in [4.78, 5) is 25.5. The van der Waals surface area contributed by atoms with Crippen LogP contribution in [0.25, 0.3) is 0 Å². The number of carboxylic acid groups (broad SMARTS) is 1. The van der Waals surface area contributed by atoms with Gasteiger partial charge in [0.25, 0.3) is 0 Å². The summed E-state index contributed by atoms with van der Waals surface area (Å²) < 4.78 is 0. The Kier molecular flexibility index (Phi) is 4.60. The maximum atomic E-state index is 12.1. The van der Waals surface area contributed by atoms with Crippen molar-refractivity contribution < 1.29 is 14.7 Å². The number of carboxylic acids is 1. The molecule has 2 rings (SSSR count). The van der Waals surface area contributed by atoms with Gasteiger partial charge < -0.3 is 15.3 Å². The van der Waals surface area contributed by atoms with Crippen LogP contribution in [-0.4, -0.2) is 45.9 Å². The number of hydrogen-bond acceptors (Lipinski definition) is 4. The lowest BCUT2D eigenvalue weighted by atomic mass is 10.3. The van der Waals surface area contributed by atoms with E-state index in [1.54, 1.807) is 17.8 Å². The van der Waals surface area contributed by atoms with Gasteiger partial charge in [-0.25, -0.2) is 9.59 Å². The average Bonchev–Trinajstić information content (AvgIpc) is 2.88. The van der Waals surface area contributed by atoms with Crippen molar-refractivity contribution in [2.45, 2.75) is 10.9 Å². The Labute approximate surface area is 119 Å². The first-order valence-corrected chi connectivity index (χ1v) is 8.02. The Bertz CT molecular complexity index is 496. The molecule has 102 valence electrons. The highest BCUT2D eigenvalue weighted by Crippen LogP contribution is 2.23. The van der Waals surface area contributed by atoms with Gasteiger partial charge in [-0.05, 0) is 24.5 Å². The molecule has 0 aromatic heterocycles. The van der Waals surface area contributed by atoms with Crippen molar-refractivity contribution in [3.05, 3.63) is 24.3 Å². The van der Waals surface area contributed by atoms with Crippen LogP contribution in [0.2, 0.25) is 0 Å². The summed E-state index contributed by atoms with van der Waals surface area (Å²) in [7, 11) is 0.